The number of carbonyl (C=O) groups excluding carboxylic acids is 1. The minimum atomic E-state index is -3.56. The number of hydrogen-bond acceptors (Lipinski definition) is 7. The third-order valence-corrected chi connectivity index (χ3v) is 10.7. The van der Waals surface area contributed by atoms with E-state index in [1.165, 1.54) is 0 Å². The number of aryl methyl sites for hydroxylation is 3. The molecule has 2 fully saturated rings. The van der Waals surface area contributed by atoms with E-state index in [2.05, 4.69) is 10.6 Å². The average molecular weight is 518 g/mol. The molecule has 35 heavy (non-hydrogen) atoms. The third kappa shape index (κ3) is 4.76. The highest BCUT2D eigenvalue weighted by Crippen LogP contribution is 2.41. The summed E-state index contributed by atoms with van der Waals surface area (Å²) in [6, 6.07) is 9.19. The minimum absolute atomic E-state index is 0.0482. The summed E-state index contributed by atoms with van der Waals surface area (Å²) in [7, 11) is -3.56. The van der Waals surface area contributed by atoms with Crippen LogP contribution in [0.4, 0.5) is 0 Å². The van der Waals surface area contributed by atoms with Gasteiger partial charge in [-0.05, 0) is 62.4 Å². The second-order valence-corrected chi connectivity index (χ2v) is 12.8. The molecule has 1 amide bonds. The number of benzene rings is 2. The van der Waals surface area contributed by atoms with Crippen LogP contribution in [0.2, 0.25) is 0 Å². The fourth-order valence-corrected chi connectivity index (χ4v) is 8.50. The number of rotatable bonds is 5. The Labute approximate surface area is 210 Å². The lowest BCUT2D eigenvalue weighted by Gasteiger charge is -2.38. The second-order valence-electron chi connectivity index (χ2n) is 9.54. The Bertz CT molecular complexity index is 1230. The molecule has 8 nitrogen and oxygen atoms in total. The number of fused-ring (bicyclic) bond motifs is 1. The van der Waals surface area contributed by atoms with Crippen molar-refractivity contribution in [2.75, 3.05) is 25.6 Å². The Kier molecular flexibility index (Phi) is 6.50. The molecule has 3 aliphatic heterocycles. The molecule has 2 aromatic rings. The van der Waals surface area contributed by atoms with Crippen molar-refractivity contribution in [3.8, 4) is 11.5 Å². The van der Waals surface area contributed by atoms with Gasteiger partial charge in [-0.25, -0.2) is 8.42 Å². The third-order valence-electron chi connectivity index (χ3n) is 6.92. The van der Waals surface area contributed by atoms with Crippen molar-refractivity contribution in [1.29, 1.82) is 0 Å². The maximum absolute atomic E-state index is 13.4. The molecule has 2 aromatic carbocycles. The highest BCUT2D eigenvalue weighted by atomic mass is 32.2. The van der Waals surface area contributed by atoms with Crippen molar-refractivity contribution in [3.63, 3.8) is 0 Å². The summed E-state index contributed by atoms with van der Waals surface area (Å²) in [5.74, 6) is 2.03. The minimum Gasteiger partial charge on any atom is -0.454 e. The van der Waals surface area contributed by atoms with Crippen molar-refractivity contribution in [3.05, 3.63) is 52.6 Å². The largest absolute Gasteiger partial charge is 0.454 e. The molecule has 0 aromatic heterocycles. The number of sulfonamides is 1. The number of nitrogens with zero attached hydrogens (tertiary/aromatic N) is 1. The van der Waals surface area contributed by atoms with Gasteiger partial charge in [-0.1, -0.05) is 23.8 Å². The first-order valence-electron chi connectivity index (χ1n) is 11.8. The molecule has 3 heterocycles. The predicted octanol–water partition coefficient (Wildman–Crippen LogP) is 2.84. The molecule has 2 N–H and O–H groups in total. The molecule has 1 unspecified atom stereocenters. The van der Waals surface area contributed by atoms with Gasteiger partial charge >= 0.3 is 0 Å². The summed E-state index contributed by atoms with van der Waals surface area (Å²) in [6.07, 6.45) is 1.32. The number of hydrogen-bond donors (Lipinski definition) is 2. The molecule has 0 aliphatic carbocycles. The van der Waals surface area contributed by atoms with Gasteiger partial charge in [-0.2, -0.15) is 4.31 Å². The van der Waals surface area contributed by atoms with Crippen molar-refractivity contribution in [1.82, 2.24) is 14.9 Å². The summed E-state index contributed by atoms with van der Waals surface area (Å²) >= 11 is 1.73. The summed E-state index contributed by atoms with van der Waals surface area (Å²) in [6.45, 7) is 7.19. The zero-order valence-electron chi connectivity index (χ0n) is 20.2. The molecule has 0 saturated carbocycles. The lowest BCUT2D eigenvalue weighted by Crippen LogP contribution is -2.54. The molecule has 3 aliphatic rings. The molecule has 5 rings (SSSR count). The van der Waals surface area contributed by atoms with E-state index in [0.717, 1.165) is 28.0 Å². The Morgan fingerprint density at radius 3 is 2.51 bits per heavy atom. The van der Waals surface area contributed by atoms with Gasteiger partial charge in [-0.3, -0.25) is 10.1 Å². The summed E-state index contributed by atoms with van der Waals surface area (Å²) in [4.78, 5) is 13.0. The standard InChI is InChI=1S/C25H31N3O5S2/c1-16-10-17(2)23(18(3)11-16)35(30,31)28-8-6-25(7-9-28)27-20(14-34-25)24(29)26-13-19-4-5-21-22(12-19)33-15-32-21/h4-5,10-12,20,27H,6-9,13-15H2,1-3H3,(H,26,29). The van der Waals surface area contributed by atoms with E-state index in [1.807, 2.05) is 51.1 Å². The van der Waals surface area contributed by atoms with Crippen LogP contribution >= 0.6 is 11.8 Å². The van der Waals surface area contributed by atoms with Gasteiger partial charge in [-0.15, -0.1) is 11.8 Å². The summed E-state index contributed by atoms with van der Waals surface area (Å²) in [5, 5.41) is 6.52. The maximum atomic E-state index is 13.4. The maximum Gasteiger partial charge on any atom is 0.243 e. The first kappa shape index (κ1) is 24.4. The average Bonchev–Trinajstić information content (AvgIpc) is 3.44. The molecule has 1 spiro atoms. The lowest BCUT2D eigenvalue weighted by atomic mass is 10.0. The van der Waals surface area contributed by atoms with E-state index in [9.17, 15) is 13.2 Å². The smallest absolute Gasteiger partial charge is 0.243 e. The number of thioether (sulfide) groups is 1. The molecule has 188 valence electrons. The Morgan fingerprint density at radius 2 is 1.80 bits per heavy atom. The fraction of sp³-hybridized carbons (Fsp3) is 0.480. The van der Waals surface area contributed by atoms with E-state index in [0.29, 0.717) is 48.9 Å². The van der Waals surface area contributed by atoms with Crippen LogP contribution in [0.15, 0.2) is 35.2 Å². The van der Waals surface area contributed by atoms with Gasteiger partial charge in [0, 0.05) is 25.4 Å². The predicted molar refractivity (Wildman–Crippen MR) is 135 cm³/mol. The van der Waals surface area contributed by atoms with E-state index in [4.69, 9.17) is 9.47 Å². The zero-order valence-corrected chi connectivity index (χ0v) is 21.9. The Balaban J connectivity index is 1.18. The van der Waals surface area contributed by atoms with Crippen LogP contribution in [0.3, 0.4) is 0 Å². The highest BCUT2D eigenvalue weighted by Gasteiger charge is 2.46. The van der Waals surface area contributed by atoms with Gasteiger partial charge in [0.2, 0.25) is 22.7 Å². The van der Waals surface area contributed by atoms with E-state index < -0.39 is 10.0 Å². The molecule has 0 radical (unpaired) electrons. The van der Waals surface area contributed by atoms with Crippen LogP contribution in [0, 0.1) is 20.8 Å². The SMILES string of the molecule is Cc1cc(C)c(S(=O)(=O)N2CCC3(CC2)NC(C(=O)NCc2ccc4c(c2)OCO4)CS3)c(C)c1. The fourth-order valence-electron chi connectivity index (χ4n) is 5.23. The van der Waals surface area contributed by atoms with Gasteiger partial charge in [0.25, 0.3) is 0 Å². The summed E-state index contributed by atoms with van der Waals surface area (Å²) in [5.41, 5.74) is 3.58. The van der Waals surface area contributed by atoms with Crippen LogP contribution < -0.4 is 20.1 Å². The molecular weight excluding hydrogens is 486 g/mol. The second kappa shape index (κ2) is 9.31. The van der Waals surface area contributed by atoms with Crippen molar-refractivity contribution >= 4 is 27.7 Å². The number of carbonyl (C=O) groups is 1. The molecule has 10 heteroatoms. The number of ether oxygens (including phenoxy) is 2. The van der Waals surface area contributed by atoms with Gasteiger partial charge in [0.05, 0.1) is 15.8 Å². The van der Waals surface area contributed by atoms with Crippen LogP contribution in [0.25, 0.3) is 0 Å². The first-order chi connectivity index (χ1) is 16.7. The lowest BCUT2D eigenvalue weighted by molar-refractivity contribution is -0.122. The molecular formula is C25H31N3O5S2. The van der Waals surface area contributed by atoms with Gasteiger partial charge < -0.3 is 14.8 Å². The van der Waals surface area contributed by atoms with Gasteiger partial charge in [0.15, 0.2) is 11.5 Å². The first-order valence-corrected chi connectivity index (χ1v) is 14.3. The summed E-state index contributed by atoms with van der Waals surface area (Å²) < 4.78 is 39.2. The van der Waals surface area contributed by atoms with Crippen molar-refractivity contribution in [2.45, 2.75) is 56.0 Å². The Hall–Kier alpha value is -2.27. The monoisotopic (exact) mass is 517 g/mol. The van der Waals surface area contributed by atoms with E-state index in [-0.39, 0.29) is 23.6 Å². The highest BCUT2D eigenvalue weighted by molar-refractivity contribution is 8.01. The van der Waals surface area contributed by atoms with Gasteiger partial charge in [0.1, 0.15) is 0 Å². The van der Waals surface area contributed by atoms with E-state index in [1.54, 1.807) is 16.1 Å². The van der Waals surface area contributed by atoms with Crippen molar-refractivity contribution in [2.24, 2.45) is 0 Å². The quantitative estimate of drug-likeness (QED) is 0.630. The normalized spacial score (nSPS) is 21.4. The number of nitrogens with one attached hydrogen (secondary N) is 2. The van der Waals surface area contributed by atoms with Crippen LogP contribution in [0.1, 0.15) is 35.1 Å². The van der Waals surface area contributed by atoms with E-state index >= 15 is 0 Å². The van der Waals surface area contributed by atoms with Crippen molar-refractivity contribution < 1.29 is 22.7 Å². The Morgan fingerprint density at radius 1 is 1.11 bits per heavy atom. The van der Waals surface area contributed by atoms with Crippen LogP contribution in [0.5, 0.6) is 11.5 Å². The van der Waals surface area contributed by atoms with Crippen LogP contribution in [-0.2, 0) is 21.4 Å². The molecule has 1 atom stereocenters. The van der Waals surface area contributed by atoms with Crippen LogP contribution in [-0.4, -0.2) is 55.2 Å². The number of piperidine rings is 1. The molecule has 0 bridgehead atoms. The zero-order chi connectivity index (χ0) is 24.8. The molecule has 2 saturated heterocycles. The number of amides is 1. The topological polar surface area (TPSA) is 97.0 Å².